The zero-order valence-electron chi connectivity index (χ0n) is 25.0. The Morgan fingerprint density at radius 1 is 0.744 bits per heavy atom. The first kappa shape index (κ1) is 28.1. The molecule has 212 valence electrons. The zero-order valence-corrected chi connectivity index (χ0v) is 25.0. The number of benzene rings is 3. The van der Waals surface area contributed by atoms with Crippen LogP contribution in [0.25, 0.3) is 17.2 Å². The lowest BCUT2D eigenvalue weighted by molar-refractivity contribution is 0.494. The Morgan fingerprint density at radius 3 is 2.42 bits per heavy atom. The van der Waals surface area contributed by atoms with Crippen LogP contribution in [0.3, 0.4) is 0 Å². The van der Waals surface area contributed by atoms with Gasteiger partial charge >= 0.3 is 0 Å². The lowest BCUT2D eigenvalue weighted by Gasteiger charge is -2.30. The molecule has 3 aliphatic rings. The third-order valence-corrected chi connectivity index (χ3v) is 8.05. The highest BCUT2D eigenvalue weighted by atomic mass is 15.2. The van der Waals surface area contributed by atoms with Gasteiger partial charge in [-0.25, -0.2) is 0 Å². The lowest BCUT2D eigenvalue weighted by atomic mass is 9.98. The predicted molar refractivity (Wildman–Crippen MR) is 184 cm³/mol. The van der Waals surface area contributed by atoms with Crippen LogP contribution in [0, 0.1) is 0 Å². The molecule has 0 saturated carbocycles. The van der Waals surface area contributed by atoms with E-state index in [9.17, 15) is 0 Å². The minimum Gasteiger partial charge on any atom is -0.355 e. The summed E-state index contributed by atoms with van der Waals surface area (Å²) in [5, 5.41) is 3.66. The van der Waals surface area contributed by atoms with Gasteiger partial charge in [0.05, 0.1) is 0 Å². The first-order chi connectivity index (χ1) is 21.2. The summed E-state index contributed by atoms with van der Waals surface area (Å²) in [6, 6.07) is 27.6. The Balaban J connectivity index is 1.29. The van der Waals surface area contributed by atoms with Gasteiger partial charge in [-0.15, -0.1) is 0 Å². The van der Waals surface area contributed by atoms with Gasteiger partial charge in [-0.2, -0.15) is 0 Å². The first-order valence-electron chi connectivity index (χ1n) is 15.1. The fourth-order valence-corrected chi connectivity index (χ4v) is 5.81. The summed E-state index contributed by atoms with van der Waals surface area (Å²) in [6.45, 7) is 4.43. The summed E-state index contributed by atoms with van der Waals surface area (Å²) < 4.78 is 0. The number of hydrogen-bond acceptors (Lipinski definition) is 2. The number of para-hydroxylation sites is 1. The summed E-state index contributed by atoms with van der Waals surface area (Å²) in [4.78, 5) is 2.46. The highest BCUT2D eigenvalue weighted by molar-refractivity contribution is 5.76. The van der Waals surface area contributed by atoms with Crippen molar-refractivity contribution in [3.63, 3.8) is 0 Å². The maximum atomic E-state index is 3.66. The summed E-state index contributed by atoms with van der Waals surface area (Å²) in [6.07, 6.45) is 29.8. The number of nitrogens with zero attached hydrogens (tertiary/aromatic N) is 1. The molecule has 1 N–H and O–H groups in total. The van der Waals surface area contributed by atoms with Crippen molar-refractivity contribution in [3.05, 3.63) is 185 Å². The maximum absolute atomic E-state index is 3.66. The highest BCUT2D eigenvalue weighted by Gasteiger charge is 2.20. The van der Waals surface area contributed by atoms with Crippen LogP contribution in [0.5, 0.6) is 0 Å². The van der Waals surface area contributed by atoms with Crippen molar-refractivity contribution in [1.29, 1.82) is 0 Å². The largest absolute Gasteiger partial charge is 0.355 e. The molecule has 6 rings (SSSR count). The third kappa shape index (κ3) is 6.71. The molecule has 0 spiro atoms. The molecule has 0 radical (unpaired) electrons. The van der Waals surface area contributed by atoms with Gasteiger partial charge in [0.1, 0.15) is 0 Å². The van der Waals surface area contributed by atoms with Crippen LogP contribution in [-0.4, -0.2) is 4.90 Å². The molecule has 0 saturated heterocycles. The Morgan fingerprint density at radius 2 is 1.56 bits per heavy atom. The third-order valence-electron chi connectivity index (χ3n) is 8.05. The van der Waals surface area contributed by atoms with E-state index in [1.165, 1.54) is 44.9 Å². The predicted octanol–water partition coefficient (Wildman–Crippen LogP) is 11.2. The van der Waals surface area contributed by atoms with E-state index in [0.717, 1.165) is 36.2 Å². The molecule has 0 bridgehead atoms. The topological polar surface area (TPSA) is 15.3 Å². The minimum atomic E-state index is 0.971. The van der Waals surface area contributed by atoms with Crippen molar-refractivity contribution in [3.8, 4) is 11.1 Å². The van der Waals surface area contributed by atoms with Crippen LogP contribution in [0.4, 0.5) is 11.4 Å². The Kier molecular flexibility index (Phi) is 8.66. The summed E-state index contributed by atoms with van der Waals surface area (Å²) in [7, 11) is 0. The van der Waals surface area contributed by atoms with Gasteiger partial charge in [-0.3, -0.25) is 0 Å². The fourth-order valence-electron chi connectivity index (χ4n) is 5.81. The molecule has 0 aromatic heterocycles. The molecule has 0 fully saturated rings. The molecule has 2 nitrogen and oxygen atoms in total. The molecule has 2 aliphatic carbocycles. The second-order valence-corrected chi connectivity index (χ2v) is 11.1. The second kappa shape index (κ2) is 13.3. The molecule has 0 atom stereocenters. The molecule has 3 aromatic rings. The highest BCUT2D eigenvalue weighted by Crippen LogP contribution is 2.34. The van der Waals surface area contributed by atoms with E-state index in [-0.39, 0.29) is 0 Å². The van der Waals surface area contributed by atoms with Crippen molar-refractivity contribution in [2.75, 3.05) is 5.32 Å². The lowest BCUT2D eigenvalue weighted by Crippen LogP contribution is -2.20. The quantitative estimate of drug-likeness (QED) is 0.324. The monoisotopic (exact) mass is 558 g/mol. The van der Waals surface area contributed by atoms with E-state index >= 15 is 0 Å². The minimum absolute atomic E-state index is 0.971. The molecule has 3 aromatic carbocycles. The summed E-state index contributed by atoms with van der Waals surface area (Å²) in [5.74, 6) is 0. The van der Waals surface area contributed by atoms with E-state index in [1.54, 1.807) is 0 Å². The van der Waals surface area contributed by atoms with Crippen LogP contribution in [0.15, 0.2) is 180 Å². The number of rotatable bonds is 6. The molecule has 43 heavy (non-hydrogen) atoms. The van der Waals surface area contributed by atoms with Gasteiger partial charge in [0.25, 0.3) is 0 Å². The average molecular weight is 559 g/mol. The maximum Gasteiger partial charge on any atom is 0.0457 e. The molecule has 1 aliphatic heterocycles. The molecule has 2 heteroatoms. The van der Waals surface area contributed by atoms with Crippen LogP contribution in [0.1, 0.15) is 38.7 Å². The fraction of sp³-hybridized carbons (Fsp3) is 0.122. The number of hydrogen-bond donors (Lipinski definition) is 1. The Hall–Kier alpha value is -5.08. The molecule has 0 unspecified atom stereocenters. The van der Waals surface area contributed by atoms with Gasteiger partial charge < -0.3 is 10.2 Å². The second-order valence-electron chi connectivity index (χ2n) is 11.1. The van der Waals surface area contributed by atoms with E-state index in [2.05, 4.69) is 176 Å². The van der Waals surface area contributed by atoms with E-state index < -0.39 is 0 Å². The summed E-state index contributed by atoms with van der Waals surface area (Å²) >= 11 is 0. The standard InChI is InChI=1S/C41H38N2/c1-31-29-37-21-13-15-32(2)43(39-23-10-11-24-39)41(37)26-8-4-5-16-33(31)27-28-35-19-9-12-25-40(35)42-38-22-14-20-36(30-38)34-17-6-3-7-18-34/h3-7,9-23,25,27-30,42H,8,24,26H2,1-2H3/b5-4-,28-27+,31-29?,33-16+. The zero-order chi connectivity index (χ0) is 29.4. The van der Waals surface area contributed by atoms with E-state index in [1.807, 2.05) is 0 Å². The number of anilines is 2. The van der Waals surface area contributed by atoms with Crippen molar-refractivity contribution >= 4 is 17.5 Å². The Labute approximate surface area is 256 Å². The molecular weight excluding hydrogens is 520 g/mol. The number of allylic oxidation sites excluding steroid dienone is 16. The molecular formula is C41H38N2. The van der Waals surface area contributed by atoms with Crippen molar-refractivity contribution < 1.29 is 0 Å². The van der Waals surface area contributed by atoms with Crippen LogP contribution < -0.4 is 5.32 Å². The number of nitrogens with one attached hydrogen (secondary N) is 1. The van der Waals surface area contributed by atoms with Crippen molar-refractivity contribution in [2.45, 2.75) is 33.1 Å². The first-order valence-corrected chi connectivity index (χ1v) is 15.1. The smallest absolute Gasteiger partial charge is 0.0457 e. The molecule has 0 amide bonds. The van der Waals surface area contributed by atoms with Crippen LogP contribution in [0.2, 0.25) is 0 Å². The van der Waals surface area contributed by atoms with Gasteiger partial charge in [0.2, 0.25) is 0 Å². The SMILES string of the molecule is CC1=CC2=C(CC\C=C/C=C1\C=C\c1ccccc1Nc1cccc(-c3ccccc3)c1)N(C1=CC=CC1)C(C)=CC=C2. The van der Waals surface area contributed by atoms with E-state index in [0.29, 0.717) is 0 Å². The normalized spacial score (nSPS) is 18.8. The van der Waals surface area contributed by atoms with Gasteiger partial charge in [-0.05, 0) is 96.5 Å². The van der Waals surface area contributed by atoms with Gasteiger partial charge in [0.15, 0.2) is 0 Å². The summed E-state index contributed by atoms with van der Waals surface area (Å²) in [5.41, 5.74) is 13.4. The van der Waals surface area contributed by atoms with Gasteiger partial charge in [0, 0.05) is 34.9 Å². The van der Waals surface area contributed by atoms with Crippen LogP contribution in [-0.2, 0) is 0 Å². The Bertz CT molecular complexity index is 1770. The van der Waals surface area contributed by atoms with E-state index in [4.69, 9.17) is 0 Å². The van der Waals surface area contributed by atoms with Gasteiger partial charge in [-0.1, -0.05) is 115 Å². The van der Waals surface area contributed by atoms with Crippen LogP contribution >= 0.6 is 0 Å². The average Bonchev–Trinajstić information content (AvgIpc) is 3.51. The van der Waals surface area contributed by atoms with Crippen molar-refractivity contribution in [1.82, 2.24) is 4.90 Å². The van der Waals surface area contributed by atoms with Crippen molar-refractivity contribution in [2.24, 2.45) is 0 Å². The molecule has 1 heterocycles.